The molecule has 8 heteroatoms. The van der Waals surface area contributed by atoms with E-state index in [1.165, 1.54) is 6.07 Å². The van der Waals surface area contributed by atoms with E-state index >= 15 is 0 Å². The molecular formula is C19H20F2N4O2. The van der Waals surface area contributed by atoms with Gasteiger partial charge in [-0.15, -0.1) is 0 Å². The number of ether oxygens (including phenoxy) is 1. The quantitative estimate of drug-likeness (QED) is 0.893. The molecule has 0 bridgehead atoms. The lowest BCUT2D eigenvalue weighted by atomic mass is 9.86. The fourth-order valence-electron chi connectivity index (χ4n) is 3.45. The average molecular weight is 374 g/mol. The first-order valence-corrected chi connectivity index (χ1v) is 9.03. The Balaban J connectivity index is 1.43. The van der Waals surface area contributed by atoms with Crippen molar-refractivity contribution >= 4 is 17.5 Å². The Kier molecular flexibility index (Phi) is 4.98. The van der Waals surface area contributed by atoms with Crippen LogP contribution in [0.25, 0.3) is 0 Å². The lowest BCUT2D eigenvalue weighted by molar-refractivity contribution is -0.120. The van der Waals surface area contributed by atoms with Crippen molar-refractivity contribution in [3.8, 4) is 0 Å². The molecule has 1 atom stereocenters. The molecule has 1 amide bonds. The monoisotopic (exact) mass is 374 g/mol. The molecule has 6 nitrogen and oxygen atoms in total. The number of carbonyl (C=O) groups excluding carboxylic acids is 1. The van der Waals surface area contributed by atoms with Gasteiger partial charge in [-0.05, 0) is 37.0 Å². The molecule has 0 radical (unpaired) electrons. The number of carbonyl (C=O) groups is 1. The first-order chi connectivity index (χ1) is 13.1. The van der Waals surface area contributed by atoms with Crippen LogP contribution in [0.2, 0.25) is 0 Å². The van der Waals surface area contributed by atoms with E-state index in [2.05, 4.69) is 20.2 Å². The van der Waals surface area contributed by atoms with Crippen molar-refractivity contribution in [3.63, 3.8) is 0 Å². The van der Waals surface area contributed by atoms with Gasteiger partial charge in [-0.25, -0.2) is 18.7 Å². The minimum Gasteiger partial charge on any atom is -0.378 e. The standard InChI is InChI=1S/C19H20F2N4O2/c20-15-3-2-14(10-16(15)21)23-18(26)12-1-4-17-13(9-12)11-22-19(24-17)25-5-7-27-8-6-25/h2-3,10-12H,1,4-9H2,(H,23,26). The summed E-state index contributed by atoms with van der Waals surface area (Å²) < 4.78 is 31.7. The number of halogens is 2. The number of aromatic nitrogens is 2. The van der Waals surface area contributed by atoms with Gasteiger partial charge in [-0.3, -0.25) is 4.79 Å². The summed E-state index contributed by atoms with van der Waals surface area (Å²) >= 11 is 0. The summed E-state index contributed by atoms with van der Waals surface area (Å²) in [5.41, 5.74) is 2.19. The molecule has 1 aromatic carbocycles. The van der Waals surface area contributed by atoms with Gasteiger partial charge in [0.1, 0.15) is 0 Å². The van der Waals surface area contributed by atoms with Gasteiger partial charge >= 0.3 is 0 Å². The Bertz CT molecular complexity index is 856. The molecule has 0 saturated carbocycles. The highest BCUT2D eigenvalue weighted by Crippen LogP contribution is 2.27. The summed E-state index contributed by atoms with van der Waals surface area (Å²) in [7, 11) is 0. The van der Waals surface area contributed by atoms with E-state index < -0.39 is 11.6 Å². The molecule has 4 rings (SSSR count). The van der Waals surface area contributed by atoms with E-state index in [0.29, 0.717) is 38.4 Å². The number of morpholine rings is 1. The maximum Gasteiger partial charge on any atom is 0.227 e. The maximum absolute atomic E-state index is 13.3. The summed E-state index contributed by atoms with van der Waals surface area (Å²) in [5, 5.41) is 2.67. The second-order valence-corrected chi connectivity index (χ2v) is 6.80. The minimum atomic E-state index is -0.981. The third kappa shape index (κ3) is 3.90. The van der Waals surface area contributed by atoms with Crippen molar-refractivity contribution in [2.75, 3.05) is 36.5 Å². The number of nitrogens with one attached hydrogen (secondary N) is 1. The van der Waals surface area contributed by atoms with Crippen LogP contribution in [0.3, 0.4) is 0 Å². The van der Waals surface area contributed by atoms with E-state index in [1.54, 1.807) is 6.20 Å². The molecule has 1 aliphatic carbocycles. The van der Waals surface area contributed by atoms with Crippen LogP contribution in [0.1, 0.15) is 17.7 Å². The molecule has 1 N–H and O–H groups in total. The van der Waals surface area contributed by atoms with Crippen LogP contribution in [0.4, 0.5) is 20.4 Å². The molecule has 1 aromatic heterocycles. The second-order valence-electron chi connectivity index (χ2n) is 6.80. The molecule has 1 aliphatic heterocycles. The third-order valence-corrected chi connectivity index (χ3v) is 4.99. The minimum absolute atomic E-state index is 0.205. The van der Waals surface area contributed by atoms with Gasteiger partial charge in [0.15, 0.2) is 11.6 Å². The smallest absolute Gasteiger partial charge is 0.227 e. The lowest BCUT2D eigenvalue weighted by Crippen LogP contribution is -2.38. The number of hydrogen-bond donors (Lipinski definition) is 1. The first kappa shape index (κ1) is 17.8. The van der Waals surface area contributed by atoms with E-state index in [0.717, 1.165) is 36.5 Å². The molecule has 1 saturated heterocycles. The number of fused-ring (bicyclic) bond motifs is 1. The number of rotatable bonds is 3. The van der Waals surface area contributed by atoms with Gasteiger partial charge in [0, 0.05) is 42.7 Å². The highest BCUT2D eigenvalue weighted by atomic mass is 19.2. The van der Waals surface area contributed by atoms with Gasteiger partial charge in [0.25, 0.3) is 0 Å². The largest absolute Gasteiger partial charge is 0.378 e. The Hall–Kier alpha value is -2.61. The third-order valence-electron chi connectivity index (χ3n) is 4.99. The number of benzene rings is 1. The van der Waals surface area contributed by atoms with Crippen LogP contribution in [0.5, 0.6) is 0 Å². The zero-order valence-corrected chi connectivity index (χ0v) is 14.8. The summed E-state index contributed by atoms with van der Waals surface area (Å²) in [5.74, 6) is -1.66. The van der Waals surface area contributed by atoms with Crippen molar-refractivity contribution in [3.05, 3.63) is 47.3 Å². The Morgan fingerprint density at radius 2 is 2.04 bits per heavy atom. The van der Waals surface area contributed by atoms with E-state index in [9.17, 15) is 13.6 Å². The summed E-state index contributed by atoms with van der Waals surface area (Å²) in [4.78, 5) is 23.7. The Labute approximate surface area is 155 Å². The predicted molar refractivity (Wildman–Crippen MR) is 95.6 cm³/mol. The molecule has 1 unspecified atom stereocenters. The SMILES string of the molecule is O=C(Nc1ccc(F)c(F)c1)C1CCc2nc(N3CCOCC3)ncc2C1. The number of anilines is 2. The lowest BCUT2D eigenvalue weighted by Gasteiger charge is -2.28. The molecule has 2 heterocycles. The van der Waals surface area contributed by atoms with Gasteiger partial charge < -0.3 is 15.0 Å². The highest BCUT2D eigenvalue weighted by Gasteiger charge is 2.27. The Morgan fingerprint density at radius 3 is 2.81 bits per heavy atom. The first-order valence-electron chi connectivity index (χ1n) is 9.03. The molecule has 2 aromatic rings. The van der Waals surface area contributed by atoms with Crippen LogP contribution < -0.4 is 10.2 Å². The number of amides is 1. The molecular weight excluding hydrogens is 354 g/mol. The highest BCUT2D eigenvalue weighted by molar-refractivity contribution is 5.92. The summed E-state index contributed by atoms with van der Waals surface area (Å²) in [6.07, 6.45) is 3.67. The van der Waals surface area contributed by atoms with Crippen LogP contribution >= 0.6 is 0 Å². The molecule has 1 fully saturated rings. The predicted octanol–water partition coefficient (Wildman–Crippen LogP) is 2.33. The van der Waals surface area contributed by atoms with Crippen molar-refractivity contribution in [2.24, 2.45) is 5.92 Å². The topological polar surface area (TPSA) is 67.4 Å². The zero-order chi connectivity index (χ0) is 18.8. The number of hydrogen-bond acceptors (Lipinski definition) is 5. The fourth-order valence-corrected chi connectivity index (χ4v) is 3.45. The average Bonchev–Trinajstić information content (AvgIpc) is 2.70. The Morgan fingerprint density at radius 1 is 1.22 bits per heavy atom. The zero-order valence-electron chi connectivity index (χ0n) is 14.8. The van der Waals surface area contributed by atoms with Crippen molar-refractivity contribution in [2.45, 2.75) is 19.3 Å². The van der Waals surface area contributed by atoms with Crippen LogP contribution in [-0.4, -0.2) is 42.2 Å². The molecule has 27 heavy (non-hydrogen) atoms. The number of aryl methyl sites for hydroxylation is 1. The van der Waals surface area contributed by atoms with Crippen LogP contribution in [0, 0.1) is 17.6 Å². The van der Waals surface area contributed by atoms with Crippen molar-refractivity contribution in [1.82, 2.24) is 9.97 Å². The maximum atomic E-state index is 13.3. The molecule has 2 aliphatic rings. The van der Waals surface area contributed by atoms with E-state index in [1.807, 2.05) is 0 Å². The fraction of sp³-hybridized carbons (Fsp3) is 0.421. The second kappa shape index (κ2) is 7.56. The summed E-state index contributed by atoms with van der Waals surface area (Å²) in [6.45, 7) is 2.90. The van der Waals surface area contributed by atoms with Crippen molar-refractivity contribution < 1.29 is 18.3 Å². The number of nitrogens with zero attached hydrogens (tertiary/aromatic N) is 3. The summed E-state index contributed by atoms with van der Waals surface area (Å²) in [6, 6.07) is 3.34. The normalized spacial score (nSPS) is 19.5. The van der Waals surface area contributed by atoms with Crippen molar-refractivity contribution in [1.29, 1.82) is 0 Å². The van der Waals surface area contributed by atoms with Gasteiger partial charge in [0.05, 0.1) is 13.2 Å². The van der Waals surface area contributed by atoms with Gasteiger partial charge in [-0.1, -0.05) is 0 Å². The van der Waals surface area contributed by atoms with E-state index in [-0.39, 0.29) is 17.5 Å². The van der Waals surface area contributed by atoms with E-state index in [4.69, 9.17) is 4.74 Å². The van der Waals surface area contributed by atoms with Crippen LogP contribution in [-0.2, 0) is 22.4 Å². The molecule has 0 spiro atoms. The van der Waals surface area contributed by atoms with Gasteiger partial charge in [0.2, 0.25) is 11.9 Å². The van der Waals surface area contributed by atoms with Crippen LogP contribution in [0.15, 0.2) is 24.4 Å². The van der Waals surface area contributed by atoms with Gasteiger partial charge in [-0.2, -0.15) is 0 Å². The molecule has 142 valence electrons.